The Balaban J connectivity index is 2.52. The zero-order chi connectivity index (χ0) is 7.84. The lowest BCUT2D eigenvalue weighted by Crippen LogP contribution is -2.08. The van der Waals surface area contributed by atoms with Gasteiger partial charge < -0.3 is 4.98 Å². The molecule has 0 atom stereocenters. The molecule has 0 amide bonds. The van der Waals surface area contributed by atoms with Crippen molar-refractivity contribution in [2.75, 3.05) is 0 Å². The van der Waals surface area contributed by atoms with Gasteiger partial charge in [0, 0.05) is 23.4 Å². The molecule has 0 spiro atoms. The number of Topliss-reactive ketones (excluding diaryl/α,β-unsaturated/α-hetero) is 1. The van der Waals surface area contributed by atoms with Crippen LogP contribution in [0.4, 0.5) is 0 Å². The number of rotatable bonds is 0. The van der Waals surface area contributed by atoms with Crippen LogP contribution in [0.15, 0.2) is 6.07 Å². The Bertz CT molecular complexity index is 299. The van der Waals surface area contributed by atoms with Crippen molar-refractivity contribution in [3.63, 3.8) is 0 Å². The average Bonchev–Trinajstić information content (AvgIpc) is 2.31. The van der Waals surface area contributed by atoms with Crippen molar-refractivity contribution in [1.82, 2.24) is 4.98 Å². The molecular formula is C9H11NO. The lowest BCUT2D eigenvalue weighted by atomic mass is 9.97. The van der Waals surface area contributed by atoms with Crippen molar-refractivity contribution in [1.29, 1.82) is 0 Å². The number of aromatic nitrogens is 1. The van der Waals surface area contributed by atoms with E-state index in [4.69, 9.17) is 0 Å². The first-order valence-corrected chi connectivity index (χ1v) is 3.99. The summed E-state index contributed by atoms with van der Waals surface area (Å²) in [7, 11) is 0. The molecule has 1 aliphatic rings. The Morgan fingerprint density at radius 1 is 1.45 bits per heavy atom. The summed E-state index contributed by atoms with van der Waals surface area (Å²) in [6.07, 6.45) is 2.77. The normalized spacial score (nSPS) is 16.6. The number of carbonyl (C=O) groups excluding carboxylic acids is 1. The fourth-order valence-electron chi connectivity index (χ4n) is 1.65. The number of carbonyl (C=O) groups is 1. The highest BCUT2D eigenvalue weighted by Gasteiger charge is 2.18. The van der Waals surface area contributed by atoms with E-state index in [1.165, 1.54) is 0 Å². The van der Waals surface area contributed by atoms with Gasteiger partial charge in [-0.15, -0.1) is 0 Å². The molecule has 1 heterocycles. The topological polar surface area (TPSA) is 32.9 Å². The molecule has 0 unspecified atom stereocenters. The number of fused-ring (bicyclic) bond motifs is 1. The second-order valence-electron chi connectivity index (χ2n) is 3.12. The van der Waals surface area contributed by atoms with Gasteiger partial charge in [0.1, 0.15) is 0 Å². The molecule has 0 aromatic carbocycles. The first-order chi connectivity index (χ1) is 5.27. The molecule has 11 heavy (non-hydrogen) atoms. The number of ketones is 1. The monoisotopic (exact) mass is 149 g/mol. The number of nitrogens with one attached hydrogen (secondary N) is 1. The van der Waals surface area contributed by atoms with Crippen molar-refractivity contribution in [2.24, 2.45) is 0 Å². The van der Waals surface area contributed by atoms with Gasteiger partial charge >= 0.3 is 0 Å². The first kappa shape index (κ1) is 6.65. The largest absolute Gasteiger partial charge is 0.362 e. The van der Waals surface area contributed by atoms with E-state index in [1.807, 2.05) is 13.0 Å². The van der Waals surface area contributed by atoms with Crippen molar-refractivity contribution in [3.8, 4) is 0 Å². The van der Waals surface area contributed by atoms with Crippen LogP contribution in [0, 0.1) is 6.92 Å². The van der Waals surface area contributed by atoms with E-state index >= 15 is 0 Å². The maximum atomic E-state index is 11.3. The molecule has 2 heteroatoms. The minimum absolute atomic E-state index is 0.301. The first-order valence-electron chi connectivity index (χ1n) is 3.99. The predicted molar refractivity (Wildman–Crippen MR) is 42.8 cm³/mol. The summed E-state index contributed by atoms with van der Waals surface area (Å²) >= 11 is 0. The highest BCUT2D eigenvalue weighted by atomic mass is 16.1. The minimum atomic E-state index is 0.301. The van der Waals surface area contributed by atoms with E-state index in [1.54, 1.807) is 0 Å². The van der Waals surface area contributed by atoms with Gasteiger partial charge in [-0.1, -0.05) is 0 Å². The number of aryl methyl sites for hydroxylation is 2. The maximum Gasteiger partial charge on any atom is 0.164 e. The van der Waals surface area contributed by atoms with Gasteiger partial charge in [-0.25, -0.2) is 0 Å². The van der Waals surface area contributed by atoms with Gasteiger partial charge in [0.05, 0.1) is 0 Å². The quantitative estimate of drug-likeness (QED) is 0.599. The Kier molecular flexibility index (Phi) is 1.34. The fraction of sp³-hybridized carbons (Fsp3) is 0.444. The van der Waals surface area contributed by atoms with Gasteiger partial charge in [-0.05, 0) is 25.8 Å². The zero-order valence-corrected chi connectivity index (χ0v) is 6.61. The second kappa shape index (κ2) is 2.22. The molecule has 1 aliphatic carbocycles. The highest BCUT2D eigenvalue weighted by Crippen LogP contribution is 2.20. The molecule has 1 aromatic heterocycles. The summed E-state index contributed by atoms with van der Waals surface area (Å²) in [5.41, 5.74) is 3.16. The van der Waals surface area contributed by atoms with Crippen LogP contribution >= 0.6 is 0 Å². The predicted octanol–water partition coefficient (Wildman–Crippen LogP) is 1.84. The van der Waals surface area contributed by atoms with Crippen LogP contribution in [0.25, 0.3) is 0 Å². The third-order valence-corrected chi connectivity index (χ3v) is 2.17. The van der Waals surface area contributed by atoms with Crippen LogP contribution in [0.3, 0.4) is 0 Å². The SMILES string of the molecule is Cc1cc2c([nH]1)CCCC2=O. The van der Waals surface area contributed by atoms with Crippen LogP contribution < -0.4 is 0 Å². The Labute approximate surface area is 65.6 Å². The van der Waals surface area contributed by atoms with Crippen LogP contribution in [0.2, 0.25) is 0 Å². The van der Waals surface area contributed by atoms with Crippen LogP contribution in [-0.4, -0.2) is 10.8 Å². The summed E-state index contributed by atoms with van der Waals surface area (Å²) in [4.78, 5) is 14.5. The van der Waals surface area contributed by atoms with Crippen LogP contribution in [-0.2, 0) is 6.42 Å². The van der Waals surface area contributed by atoms with Crippen molar-refractivity contribution in [2.45, 2.75) is 26.2 Å². The highest BCUT2D eigenvalue weighted by molar-refractivity contribution is 5.98. The fourth-order valence-corrected chi connectivity index (χ4v) is 1.65. The number of hydrogen-bond donors (Lipinski definition) is 1. The summed E-state index contributed by atoms with van der Waals surface area (Å²) in [6.45, 7) is 1.99. The molecule has 2 rings (SSSR count). The average molecular weight is 149 g/mol. The lowest BCUT2D eigenvalue weighted by Gasteiger charge is -2.08. The third kappa shape index (κ3) is 0.985. The third-order valence-electron chi connectivity index (χ3n) is 2.17. The molecule has 0 fully saturated rings. The Morgan fingerprint density at radius 3 is 3.00 bits per heavy atom. The molecule has 0 bridgehead atoms. The summed E-state index contributed by atoms with van der Waals surface area (Å²) in [5, 5.41) is 0. The van der Waals surface area contributed by atoms with E-state index in [2.05, 4.69) is 4.98 Å². The van der Waals surface area contributed by atoms with E-state index in [-0.39, 0.29) is 0 Å². The molecule has 0 saturated heterocycles. The summed E-state index contributed by atoms with van der Waals surface area (Å²) in [5.74, 6) is 0.301. The number of H-pyrrole nitrogens is 1. The van der Waals surface area contributed by atoms with Crippen molar-refractivity contribution < 1.29 is 4.79 Å². The Hall–Kier alpha value is -1.05. The van der Waals surface area contributed by atoms with Gasteiger partial charge in [-0.3, -0.25) is 4.79 Å². The molecule has 0 saturated carbocycles. The van der Waals surface area contributed by atoms with E-state index in [0.29, 0.717) is 5.78 Å². The van der Waals surface area contributed by atoms with Gasteiger partial charge in [0.2, 0.25) is 0 Å². The molecule has 0 aliphatic heterocycles. The molecule has 0 radical (unpaired) electrons. The van der Waals surface area contributed by atoms with Gasteiger partial charge in [0.25, 0.3) is 0 Å². The Morgan fingerprint density at radius 2 is 2.27 bits per heavy atom. The smallest absolute Gasteiger partial charge is 0.164 e. The molecular weight excluding hydrogens is 138 g/mol. The molecule has 2 nitrogen and oxygen atoms in total. The summed E-state index contributed by atoms with van der Waals surface area (Å²) < 4.78 is 0. The van der Waals surface area contributed by atoms with Crippen molar-refractivity contribution >= 4 is 5.78 Å². The van der Waals surface area contributed by atoms with E-state index in [0.717, 1.165) is 36.2 Å². The van der Waals surface area contributed by atoms with Gasteiger partial charge in [0.15, 0.2) is 5.78 Å². The molecule has 1 N–H and O–H groups in total. The minimum Gasteiger partial charge on any atom is -0.362 e. The van der Waals surface area contributed by atoms with E-state index < -0.39 is 0 Å². The zero-order valence-electron chi connectivity index (χ0n) is 6.61. The van der Waals surface area contributed by atoms with Crippen LogP contribution in [0.5, 0.6) is 0 Å². The van der Waals surface area contributed by atoms with Crippen molar-refractivity contribution in [3.05, 3.63) is 23.0 Å². The summed E-state index contributed by atoms with van der Waals surface area (Å²) in [6, 6.07) is 1.96. The molecule has 1 aromatic rings. The molecule has 58 valence electrons. The second-order valence-corrected chi connectivity index (χ2v) is 3.12. The maximum absolute atomic E-state index is 11.3. The van der Waals surface area contributed by atoms with Gasteiger partial charge in [-0.2, -0.15) is 0 Å². The number of hydrogen-bond acceptors (Lipinski definition) is 1. The standard InChI is InChI=1S/C9H11NO/c1-6-5-7-8(10-6)3-2-4-9(7)11/h5,10H,2-4H2,1H3. The van der Waals surface area contributed by atoms with Crippen LogP contribution in [0.1, 0.15) is 34.6 Å². The lowest BCUT2D eigenvalue weighted by molar-refractivity contribution is 0.0972. The van der Waals surface area contributed by atoms with E-state index in [9.17, 15) is 4.79 Å². The number of aromatic amines is 1.